The van der Waals surface area contributed by atoms with Crippen molar-refractivity contribution in [2.24, 2.45) is 0 Å². The number of hydrogen-bond donors (Lipinski definition) is 1. The number of aromatic hydroxyl groups is 1. The Morgan fingerprint density at radius 1 is 0.722 bits per heavy atom. The van der Waals surface area contributed by atoms with E-state index in [1.807, 2.05) is 12.1 Å². The second-order valence-electron chi connectivity index (χ2n) is 4.83. The normalized spacial score (nSPS) is 9.72. The van der Waals surface area contributed by atoms with Gasteiger partial charge in [-0.05, 0) is 30.5 Å². The largest absolute Gasteiger partial charge is 0.508 e. The number of aryl methyl sites for hydroxylation is 1. The summed E-state index contributed by atoms with van der Waals surface area (Å²) in [4.78, 5) is 0. The second-order valence-corrected chi connectivity index (χ2v) is 4.83. The minimum Gasteiger partial charge on any atom is -0.508 e. The van der Waals surface area contributed by atoms with Gasteiger partial charge in [0.2, 0.25) is 0 Å². The molecular formula is C17H30O. The van der Waals surface area contributed by atoms with Gasteiger partial charge in [-0.25, -0.2) is 0 Å². The van der Waals surface area contributed by atoms with Crippen LogP contribution >= 0.6 is 0 Å². The maximum atomic E-state index is 9.03. The summed E-state index contributed by atoms with van der Waals surface area (Å²) in [7, 11) is 0. The highest BCUT2D eigenvalue weighted by Gasteiger charge is 1.92. The van der Waals surface area contributed by atoms with Crippen molar-refractivity contribution in [3.8, 4) is 5.75 Å². The predicted molar refractivity (Wildman–Crippen MR) is 81.2 cm³/mol. The van der Waals surface area contributed by atoms with Crippen molar-refractivity contribution >= 4 is 0 Å². The molecule has 0 aliphatic heterocycles. The lowest BCUT2D eigenvalue weighted by molar-refractivity contribution is 0.475. The van der Waals surface area contributed by atoms with E-state index in [4.69, 9.17) is 5.11 Å². The Morgan fingerprint density at radius 3 is 1.61 bits per heavy atom. The molecule has 0 aromatic heterocycles. The zero-order valence-corrected chi connectivity index (χ0v) is 12.4. The SMILES string of the molecule is CCCCCC.CCCCCc1ccc(O)cc1. The lowest BCUT2D eigenvalue weighted by atomic mass is 10.1. The van der Waals surface area contributed by atoms with E-state index in [2.05, 4.69) is 20.8 Å². The fourth-order valence-electron chi connectivity index (χ4n) is 1.74. The summed E-state index contributed by atoms with van der Waals surface area (Å²) in [6.45, 7) is 6.67. The topological polar surface area (TPSA) is 20.2 Å². The Bertz CT molecular complexity index is 259. The number of hydrogen-bond acceptors (Lipinski definition) is 1. The molecule has 0 unspecified atom stereocenters. The molecular weight excluding hydrogens is 220 g/mol. The fourth-order valence-corrected chi connectivity index (χ4v) is 1.74. The van der Waals surface area contributed by atoms with E-state index < -0.39 is 0 Å². The summed E-state index contributed by atoms with van der Waals surface area (Å²) >= 11 is 0. The van der Waals surface area contributed by atoms with Crippen molar-refractivity contribution in [3.63, 3.8) is 0 Å². The maximum absolute atomic E-state index is 9.03. The van der Waals surface area contributed by atoms with Crippen LogP contribution in [0.4, 0.5) is 0 Å². The summed E-state index contributed by atoms with van der Waals surface area (Å²) < 4.78 is 0. The van der Waals surface area contributed by atoms with Gasteiger partial charge in [0.1, 0.15) is 5.75 Å². The first kappa shape index (κ1) is 17.0. The minimum absolute atomic E-state index is 0.356. The molecule has 0 amide bonds. The third kappa shape index (κ3) is 10.2. The highest BCUT2D eigenvalue weighted by atomic mass is 16.3. The van der Waals surface area contributed by atoms with Crippen molar-refractivity contribution in [2.75, 3.05) is 0 Å². The first-order valence-electron chi connectivity index (χ1n) is 7.52. The van der Waals surface area contributed by atoms with Crippen molar-refractivity contribution < 1.29 is 5.11 Å². The number of phenolic OH excluding ortho intramolecular Hbond substituents is 1. The van der Waals surface area contributed by atoms with E-state index in [1.165, 1.54) is 50.5 Å². The van der Waals surface area contributed by atoms with Crippen molar-refractivity contribution in [1.29, 1.82) is 0 Å². The molecule has 0 heterocycles. The number of phenols is 1. The van der Waals surface area contributed by atoms with E-state index in [1.54, 1.807) is 12.1 Å². The number of unbranched alkanes of at least 4 members (excludes halogenated alkanes) is 5. The van der Waals surface area contributed by atoms with Crippen LogP contribution in [0.3, 0.4) is 0 Å². The predicted octanol–water partition coefficient (Wildman–Crippen LogP) is 5.71. The van der Waals surface area contributed by atoms with Gasteiger partial charge >= 0.3 is 0 Å². The smallest absolute Gasteiger partial charge is 0.115 e. The molecule has 0 spiro atoms. The summed E-state index contributed by atoms with van der Waals surface area (Å²) in [5, 5.41) is 9.03. The van der Waals surface area contributed by atoms with Gasteiger partial charge in [0.25, 0.3) is 0 Å². The first-order chi connectivity index (χ1) is 8.74. The quantitative estimate of drug-likeness (QED) is 0.614. The molecule has 0 radical (unpaired) electrons. The van der Waals surface area contributed by atoms with E-state index in [0.717, 1.165) is 6.42 Å². The molecule has 1 heteroatoms. The van der Waals surface area contributed by atoms with Gasteiger partial charge in [0.15, 0.2) is 0 Å². The fraction of sp³-hybridized carbons (Fsp3) is 0.647. The van der Waals surface area contributed by atoms with Crippen LogP contribution in [0.25, 0.3) is 0 Å². The third-order valence-electron chi connectivity index (χ3n) is 2.96. The summed E-state index contributed by atoms with van der Waals surface area (Å²) in [5.41, 5.74) is 1.32. The monoisotopic (exact) mass is 250 g/mol. The average molecular weight is 250 g/mol. The molecule has 18 heavy (non-hydrogen) atoms. The van der Waals surface area contributed by atoms with E-state index in [0.29, 0.717) is 5.75 Å². The highest BCUT2D eigenvalue weighted by molar-refractivity contribution is 5.25. The van der Waals surface area contributed by atoms with Crippen molar-refractivity contribution in [2.45, 2.75) is 72.1 Å². The molecule has 0 fully saturated rings. The van der Waals surface area contributed by atoms with E-state index in [-0.39, 0.29) is 0 Å². The number of benzene rings is 1. The van der Waals surface area contributed by atoms with E-state index in [9.17, 15) is 0 Å². The van der Waals surface area contributed by atoms with Crippen LogP contribution in [0.1, 0.15) is 71.3 Å². The maximum Gasteiger partial charge on any atom is 0.115 e. The van der Waals surface area contributed by atoms with Crippen LogP contribution in [0.5, 0.6) is 5.75 Å². The highest BCUT2D eigenvalue weighted by Crippen LogP contribution is 2.12. The zero-order chi connectivity index (χ0) is 13.6. The lowest BCUT2D eigenvalue weighted by Crippen LogP contribution is -1.83. The number of rotatable bonds is 7. The lowest BCUT2D eigenvalue weighted by Gasteiger charge is -1.99. The Balaban J connectivity index is 0.000000411. The molecule has 1 aromatic carbocycles. The van der Waals surface area contributed by atoms with Gasteiger partial charge in [-0.15, -0.1) is 0 Å². The van der Waals surface area contributed by atoms with Gasteiger partial charge in [-0.2, -0.15) is 0 Å². The minimum atomic E-state index is 0.356. The van der Waals surface area contributed by atoms with Gasteiger partial charge < -0.3 is 5.11 Å². The van der Waals surface area contributed by atoms with Crippen LogP contribution in [0.2, 0.25) is 0 Å². The zero-order valence-electron chi connectivity index (χ0n) is 12.4. The Labute approximate surface area is 113 Å². The van der Waals surface area contributed by atoms with Crippen molar-refractivity contribution in [1.82, 2.24) is 0 Å². The van der Waals surface area contributed by atoms with Crippen LogP contribution in [0.15, 0.2) is 24.3 Å². The molecule has 0 saturated heterocycles. The summed E-state index contributed by atoms with van der Waals surface area (Å²) in [6.07, 6.45) is 10.5. The molecule has 0 saturated carbocycles. The standard InChI is InChI=1S/C11H16O.C6H14/c1-2-3-4-5-10-6-8-11(12)9-7-10;1-3-5-6-4-2/h6-9,12H,2-5H2,1H3;3-6H2,1-2H3. The molecule has 0 bridgehead atoms. The molecule has 104 valence electrons. The Kier molecular flexibility index (Phi) is 11.8. The molecule has 0 atom stereocenters. The summed E-state index contributed by atoms with van der Waals surface area (Å²) in [6, 6.07) is 7.48. The molecule has 1 nitrogen and oxygen atoms in total. The summed E-state index contributed by atoms with van der Waals surface area (Å²) in [5.74, 6) is 0.356. The molecule has 0 aliphatic rings. The molecule has 1 N–H and O–H groups in total. The molecule has 0 aliphatic carbocycles. The van der Waals surface area contributed by atoms with Crippen LogP contribution in [-0.2, 0) is 6.42 Å². The first-order valence-corrected chi connectivity index (χ1v) is 7.52. The average Bonchev–Trinajstić information content (AvgIpc) is 2.40. The van der Waals surface area contributed by atoms with Crippen LogP contribution < -0.4 is 0 Å². The third-order valence-corrected chi connectivity index (χ3v) is 2.96. The second kappa shape index (κ2) is 12.5. The molecule has 1 rings (SSSR count). The van der Waals surface area contributed by atoms with Gasteiger partial charge in [0.05, 0.1) is 0 Å². The van der Waals surface area contributed by atoms with E-state index >= 15 is 0 Å². The van der Waals surface area contributed by atoms with Gasteiger partial charge in [-0.1, -0.05) is 71.4 Å². The van der Waals surface area contributed by atoms with Gasteiger partial charge in [0, 0.05) is 0 Å². The van der Waals surface area contributed by atoms with Crippen LogP contribution in [0, 0.1) is 0 Å². The van der Waals surface area contributed by atoms with Crippen LogP contribution in [-0.4, -0.2) is 5.11 Å². The molecule has 1 aromatic rings. The Hall–Kier alpha value is -0.980. The van der Waals surface area contributed by atoms with Gasteiger partial charge in [-0.3, -0.25) is 0 Å². The Morgan fingerprint density at radius 2 is 1.17 bits per heavy atom. The van der Waals surface area contributed by atoms with Crippen molar-refractivity contribution in [3.05, 3.63) is 29.8 Å².